The Morgan fingerprint density at radius 2 is 2.00 bits per heavy atom. The van der Waals surface area contributed by atoms with Crippen LogP contribution in [0.15, 0.2) is 41.0 Å². The number of nitro benzene ring substituents is 1. The third kappa shape index (κ3) is 4.65. The summed E-state index contributed by atoms with van der Waals surface area (Å²) in [6.07, 6.45) is 2.61. The zero-order valence-electron chi connectivity index (χ0n) is 16.4. The molecule has 1 aromatic heterocycles. The molecular formula is C20H22N4O6. The van der Waals surface area contributed by atoms with E-state index in [1.54, 1.807) is 13.0 Å². The molecule has 30 heavy (non-hydrogen) atoms. The summed E-state index contributed by atoms with van der Waals surface area (Å²) in [6, 6.07) is 6.71. The van der Waals surface area contributed by atoms with E-state index in [2.05, 4.69) is 10.6 Å². The number of nitrogens with zero attached hydrogens (tertiary/aromatic N) is 2. The van der Waals surface area contributed by atoms with Crippen molar-refractivity contribution in [2.45, 2.75) is 25.8 Å². The Bertz CT molecular complexity index is 956. The quantitative estimate of drug-likeness (QED) is 0.402. The first kappa shape index (κ1) is 21.0. The van der Waals surface area contributed by atoms with Crippen LogP contribution in [0.4, 0.5) is 5.69 Å². The number of hydrogen-bond acceptors (Lipinski definition) is 6. The maximum Gasteiger partial charge on any atom is 0.287 e. The molecule has 1 unspecified atom stereocenters. The SMILES string of the molecule is Cc1cc(C(=O)N2CCCC2C(=O)NCCNC(=O)c2ccco2)ccc1[N+](=O)[O-]. The van der Waals surface area contributed by atoms with Crippen molar-refractivity contribution in [2.24, 2.45) is 0 Å². The lowest BCUT2D eigenvalue weighted by Gasteiger charge is -2.24. The minimum Gasteiger partial charge on any atom is -0.459 e. The van der Waals surface area contributed by atoms with Gasteiger partial charge in [0.15, 0.2) is 5.76 Å². The maximum absolute atomic E-state index is 12.9. The summed E-state index contributed by atoms with van der Waals surface area (Å²) < 4.78 is 4.99. The molecule has 158 valence electrons. The fourth-order valence-corrected chi connectivity index (χ4v) is 3.42. The molecule has 1 fully saturated rings. The lowest BCUT2D eigenvalue weighted by atomic mass is 10.1. The molecule has 0 radical (unpaired) electrons. The second-order valence-electron chi connectivity index (χ2n) is 6.94. The van der Waals surface area contributed by atoms with Gasteiger partial charge in [0.05, 0.1) is 11.2 Å². The number of aryl methyl sites for hydroxylation is 1. The van der Waals surface area contributed by atoms with Crippen LogP contribution in [0.1, 0.15) is 39.3 Å². The molecule has 3 rings (SSSR count). The molecule has 1 saturated heterocycles. The van der Waals surface area contributed by atoms with E-state index in [9.17, 15) is 24.5 Å². The van der Waals surface area contributed by atoms with Crippen LogP contribution in [0.25, 0.3) is 0 Å². The summed E-state index contributed by atoms with van der Waals surface area (Å²) in [4.78, 5) is 49.1. The Hall–Kier alpha value is -3.69. The van der Waals surface area contributed by atoms with Crippen LogP contribution in [0.3, 0.4) is 0 Å². The average molecular weight is 414 g/mol. The maximum atomic E-state index is 12.9. The number of hydrogen-bond donors (Lipinski definition) is 2. The normalized spacial score (nSPS) is 15.6. The van der Waals surface area contributed by atoms with E-state index in [0.717, 1.165) is 0 Å². The number of nitrogens with one attached hydrogen (secondary N) is 2. The van der Waals surface area contributed by atoms with E-state index in [1.807, 2.05) is 0 Å². The first-order chi connectivity index (χ1) is 14.4. The molecule has 2 heterocycles. The van der Waals surface area contributed by atoms with Gasteiger partial charge in [0.2, 0.25) is 5.91 Å². The monoisotopic (exact) mass is 414 g/mol. The smallest absolute Gasteiger partial charge is 0.287 e. The first-order valence-electron chi connectivity index (χ1n) is 9.54. The largest absolute Gasteiger partial charge is 0.459 e. The average Bonchev–Trinajstić information content (AvgIpc) is 3.42. The Morgan fingerprint density at radius 1 is 1.23 bits per heavy atom. The molecule has 0 bridgehead atoms. The Morgan fingerprint density at radius 3 is 2.67 bits per heavy atom. The number of nitro groups is 1. The molecule has 1 aliphatic heterocycles. The summed E-state index contributed by atoms with van der Waals surface area (Å²) in [5.41, 5.74) is 0.640. The highest BCUT2D eigenvalue weighted by Crippen LogP contribution is 2.24. The second kappa shape index (κ2) is 9.21. The Balaban J connectivity index is 1.55. The molecule has 1 aromatic carbocycles. The predicted octanol–water partition coefficient (Wildman–Crippen LogP) is 1.65. The van der Waals surface area contributed by atoms with Crippen molar-refractivity contribution >= 4 is 23.4 Å². The van der Waals surface area contributed by atoms with Crippen molar-refractivity contribution in [3.8, 4) is 0 Å². The fourth-order valence-electron chi connectivity index (χ4n) is 3.42. The fraction of sp³-hybridized carbons (Fsp3) is 0.350. The predicted molar refractivity (Wildman–Crippen MR) is 106 cm³/mol. The lowest BCUT2D eigenvalue weighted by Crippen LogP contribution is -2.47. The molecule has 0 aliphatic carbocycles. The number of benzene rings is 1. The van der Waals surface area contributed by atoms with E-state index in [-0.39, 0.29) is 42.3 Å². The molecule has 1 aliphatic rings. The molecule has 2 N–H and O–H groups in total. The van der Waals surface area contributed by atoms with Crippen molar-refractivity contribution in [3.05, 3.63) is 63.6 Å². The van der Waals surface area contributed by atoms with Crippen LogP contribution in [-0.4, -0.2) is 53.2 Å². The number of likely N-dealkylation sites (tertiary alicyclic amines) is 1. The van der Waals surface area contributed by atoms with E-state index in [4.69, 9.17) is 4.42 Å². The van der Waals surface area contributed by atoms with Crippen molar-refractivity contribution in [2.75, 3.05) is 19.6 Å². The van der Waals surface area contributed by atoms with Gasteiger partial charge in [-0.3, -0.25) is 24.5 Å². The first-order valence-corrected chi connectivity index (χ1v) is 9.54. The van der Waals surface area contributed by atoms with E-state index in [1.165, 1.54) is 35.4 Å². The Labute approximate surface area is 172 Å². The molecule has 1 atom stereocenters. The van der Waals surface area contributed by atoms with Crippen LogP contribution in [0, 0.1) is 17.0 Å². The van der Waals surface area contributed by atoms with Crippen LogP contribution < -0.4 is 10.6 Å². The van der Waals surface area contributed by atoms with Crippen molar-refractivity contribution in [3.63, 3.8) is 0 Å². The summed E-state index contributed by atoms with van der Waals surface area (Å²) in [7, 11) is 0. The highest BCUT2D eigenvalue weighted by Gasteiger charge is 2.34. The molecule has 3 amide bonds. The minimum atomic E-state index is -0.617. The lowest BCUT2D eigenvalue weighted by molar-refractivity contribution is -0.385. The van der Waals surface area contributed by atoms with Gasteiger partial charge in [0.25, 0.3) is 17.5 Å². The van der Waals surface area contributed by atoms with E-state index < -0.39 is 11.0 Å². The summed E-state index contributed by atoms with van der Waals surface area (Å²) >= 11 is 0. The topological polar surface area (TPSA) is 135 Å². The third-order valence-corrected chi connectivity index (χ3v) is 4.91. The molecule has 0 saturated carbocycles. The highest BCUT2D eigenvalue weighted by molar-refractivity contribution is 5.98. The highest BCUT2D eigenvalue weighted by atomic mass is 16.6. The van der Waals surface area contributed by atoms with Crippen molar-refractivity contribution in [1.29, 1.82) is 0 Å². The molecule has 10 nitrogen and oxygen atoms in total. The summed E-state index contributed by atoms with van der Waals surface area (Å²) in [5, 5.41) is 16.3. The third-order valence-electron chi connectivity index (χ3n) is 4.91. The van der Waals surface area contributed by atoms with Gasteiger partial charge in [-0.05, 0) is 44.0 Å². The van der Waals surface area contributed by atoms with Crippen LogP contribution in [0.2, 0.25) is 0 Å². The van der Waals surface area contributed by atoms with Gasteiger partial charge >= 0.3 is 0 Å². The van der Waals surface area contributed by atoms with Crippen LogP contribution in [-0.2, 0) is 4.79 Å². The number of carbonyl (C=O) groups excluding carboxylic acids is 3. The van der Waals surface area contributed by atoms with E-state index >= 15 is 0 Å². The van der Waals surface area contributed by atoms with Gasteiger partial charge in [-0.1, -0.05) is 0 Å². The zero-order valence-corrected chi connectivity index (χ0v) is 16.4. The van der Waals surface area contributed by atoms with Crippen LogP contribution >= 0.6 is 0 Å². The summed E-state index contributed by atoms with van der Waals surface area (Å²) in [5.74, 6) is -0.823. The molecule has 10 heteroatoms. The standard InChI is InChI=1S/C20H22N4O6/c1-13-12-14(6-7-15(13)24(28)29)20(27)23-10-2-4-16(23)18(25)21-8-9-22-19(26)17-5-3-11-30-17/h3,5-7,11-12,16H,2,4,8-10H2,1H3,(H,21,25)(H,22,26). The van der Waals surface area contributed by atoms with Crippen LogP contribution in [0.5, 0.6) is 0 Å². The van der Waals surface area contributed by atoms with E-state index in [0.29, 0.717) is 30.5 Å². The van der Waals surface area contributed by atoms with Crippen molar-refractivity contribution in [1.82, 2.24) is 15.5 Å². The zero-order chi connectivity index (χ0) is 21.7. The van der Waals surface area contributed by atoms with Gasteiger partial charge < -0.3 is 20.0 Å². The number of furan rings is 1. The number of amides is 3. The van der Waals surface area contributed by atoms with Gasteiger partial charge in [-0.15, -0.1) is 0 Å². The number of rotatable bonds is 7. The van der Waals surface area contributed by atoms with Gasteiger partial charge in [0.1, 0.15) is 6.04 Å². The summed E-state index contributed by atoms with van der Waals surface area (Å²) in [6.45, 7) is 2.43. The molecule has 2 aromatic rings. The van der Waals surface area contributed by atoms with Crippen molar-refractivity contribution < 1.29 is 23.7 Å². The molecule has 0 spiro atoms. The second-order valence-corrected chi connectivity index (χ2v) is 6.94. The van der Waals surface area contributed by atoms with Gasteiger partial charge in [-0.25, -0.2) is 0 Å². The minimum absolute atomic E-state index is 0.0566. The van der Waals surface area contributed by atoms with Gasteiger partial charge in [0, 0.05) is 36.8 Å². The number of carbonyl (C=O) groups is 3. The Kier molecular flexibility index (Phi) is 6.45. The molecular weight excluding hydrogens is 392 g/mol. The van der Waals surface area contributed by atoms with Gasteiger partial charge in [-0.2, -0.15) is 0 Å².